The van der Waals surface area contributed by atoms with Crippen molar-refractivity contribution in [3.8, 4) is 0 Å². The van der Waals surface area contributed by atoms with Crippen molar-refractivity contribution >= 4 is 17.5 Å². The van der Waals surface area contributed by atoms with Gasteiger partial charge in [0.1, 0.15) is 0 Å². The third kappa shape index (κ3) is 4.66. The molecule has 0 aliphatic heterocycles. The zero-order valence-electron chi connectivity index (χ0n) is 11.5. The lowest BCUT2D eigenvalue weighted by molar-refractivity contribution is -0.137. The molecule has 4 nitrogen and oxygen atoms in total. The fourth-order valence-corrected chi connectivity index (χ4v) is 1.78. The van der Waals surface area contributed by atoms with Crippen LogP contribution in [0.5, 0.6) is 0 Å². The second kappa shape index (κ2) is 6.83. The second-order valence-corrected chi connectivity index (χ2v) is 4.35. The van der Waals surface area contributed by atoms with E-state index in [1.54, 1.807) is 19.1 Å². The third-order valence-electron chi connectivity index (χ3n) is 2.80. The Labute approximate surface area is 112 Å². The summed E-state index contributed by atoms with van der Waals surface area (Å²) < 4.78 is 4.84. The molecule has 0 aromatic heterocycles. The second-order valence-electron chi connectivity index (χ2n) is 4.35. The minimum atomic E-state index is -0.428. The number of carbonyl (C=O) groups excluding carboxylic acids is 3. The first-order chi connectivity index (χ1) is 8.93. The van der Waals surface area contributed by atoms with Gasteiger partial charge in [-0.1, -0.05) is 0 Å². The molecule has 0 N–H and O–H groups in total. The number of ketones is 2. The molecule has 0 radical (unpaired) electrons. The molecular weight excluding hydrogens is 244 g/mol. The normalized spacial score (nSPS) is 17.3. The van der Waals surface area contributed by atoms with Crippen molar-refractivity contribution in [1.29, 1.82) is 0 Å². The molecule has 0 saturated carbocycles. The summed E-state index contributed by atoms with van der Waals surface area (Å²) in [7, 11) is 0. The molecule has 0 atom stereocenters. The van der Waals surface area contributed by atoms with Gasteiger partial charge in [0.05, 0.1) is 6.61 Å². The Kier molecular flexibility index (Phi) is 5.42. The largest absolute Gasteiger partial charge is 0.463 e. The number of allylic oxidation sites excluding steroid dienone is 5. The average Bonchev–Trinajstić information content (AvgIpc) is 2.52. The summed E-state index contributed by atoms with van der Waals surface area (Å²) in [5.74, 6) is -0.608. The Morgan fingerprint density at radius 2 is 1.84 bits per heavy atom. The Morgan fingerprint density at radius 3 is 2.37 bits per heavy atom. The van der Waals surface area contributed by atoms with Crippen LogP contribution >= 0.6 is 0 Å². The van der Waals surface area contributed by atoms with E-state index in [4.69, 9.17) is 4.74 Å². The standard InChI is InChI=1S/C15H18O4/c1-4-19-15(18)8-12-5-6-13(10(2)16)9-14(7-12)11(3)17/h7-9H,4-6H2,1-3H3/b12-8+. The predicted octanol–water partition coefficient (Wildman–Crippen LogP) is 2.30. The van der Waals surface area contributed by atoms with Gasteiger partial charge < -0.3 is 4.74 Å². The zero-order valence-corrected chi connectivity index (χ0v) is 11.5. The van der Waals surface area contributed by atoms with Gasteiger partial charge in [-0.25, -0.2) is 4.79 Å². The first-order valence-electron chi connectivity index (χ1n) is 6.25. The molecule has 1 rings (SSSR count). The van der Waals surface area contributed by atoms with E-state index >= 15 is 0 Å². The number of Topliss-reactive ketones (excluding diaryl/α,β-unsaturated/α-hetero) is 2. The van der Waals surface area contributed by atoms with Gasteiger partial charge in [-0.15, -0.1) is 0 Å². The lowest BCUT2D eigenvalue weighted by atomic mass is 10.0. The van der Waals surface area contributed by atoms with E-state index in [1.807, 2.05) is 0 Å². The van der Waals surface area contributed by atoms with Crippen LogP contribution in [0.15, 0.2) is 34.9 Å². The van der Waals surface area contributed by atoms with Crippen LogP contribution in [0.1, 0.15) is 33.6 Å². The lowest BCUT2D eigenvalue weighted by Crippen LogP contribution is -2.01. The number of ether oxygens (including phenoxy) is 1. The number of hydrogen-bond donors (Lipinski definition) is 0. The topological polar surface area (TPSA) is 60.4 Å². The van der Waals surface area contributed by atoms with E-state index < -0.39 is 5.97 Å². The molecule has 0 aromatic rings. The maximum Gasteiger partial charge on any atom is 0.331 e. The van der Waals surface area contributed by atoms with Crippen LogP contribution in [-0.4, -0.2) is 24.1 Å². The molecule has 0 amide bonds. The highest BCUT2D eigenvalue weighted by molar-refractivity contribution is 6.01. The third-order valence-corrected chi connectivity index (χ3v) is 2.80. The van der Waals surface area contributed by atoms with Gasteiger partial charge in [0, 0.05) is 11.6 Å². The minimum absolute atomic E-state index is 0.0514. The van der Waals surface area contributed by atoms with Crippen molar-refractivity contribution in [1.82, 2.24) is 0 Å². The van der Waals surface area contributed by atoms with Crippen molar-refractivity contribution in [3.63, 3.8) is 0 Å². The summed E-state index contributed by atoms with van der Waals surface area (Å²) in [6.45, 7) is 4.95. The summed E-state index contributed by atoms with van der Waals surface area (Å²) in [4.78, 5) is 34.4. The van der Waals surface area contributed by atoms with E-state index in [1.165, 1.54) is 19.9 Å². The van der Waals surface area contributed by atoms with E-state index in [-0.39, 0.29) is 11.6 Å². The Balaban J connectivity index is 3.04. The first kappa shape index (κ1) is 15.1. The SMILES string of the molecule is CCOC(=O)/C=C1/C=C(C(C)=O)C=C(C(C)=O)CC1. The van der Waals surface area contributed by atoms with Crippen LogP contribution in [0.3, 0.4) is 0 Å². The van der Waals surface area contributed by atoms with Gasteiger partial charge in [-0.2, -0.15) is 0 Å². The minimum Gasteiger partial charge on any atom is -0.463 e. The van der Waals surface area contributed by atoms with Crippen molar-refractivity contribution in [3.05, 3.63) is 34.9 Å². The van der Waals surface area contributed by atoms with Crippen molar-refractivity contribution in [2.24, 2.45) is 0 Å². The maximum absolute atomic E-state index is 11.5. The van der Waals surface area contributed by atoms with Gasteiger partial charge >= 0.3 is 5.97 Å². The number of hydrogen-bond acceptors (Lipinski definition) is 4. The number of rotatable bonds is 4. The first-order valence-corrected chi connectivity index (χ1v) is 6.25. The molecule has 1 aliphatic rings. The summed E-state index contributed by atoms with van der Waals surface area (Å²) >= 11 is 0. The van der Waals surface area contributed by atoms with Gasteiger partial charge in [-0.05, 0) is 56.9 Å². The summed E-state index contributed by atoms with van der Waals surface area (Å²) in [6.07, 6.45) is 5.70. The van der Waals surface area contributed by atoms with Gasteiger partial charge in [-0.3, -0.25) is 9.59 Å². The fourth-order valence-electron chi connectivity index (χ4n) is 1.78. The van der Waals surface area contributed by atoms with Crippen molar-refractivity contribution in [2.75, 3.05) is 6.61 Å². The Morgan fingerprint density at radius 1 is 1.16 bits per heavy atom. The quantitative estimate of drug-likeness (QED) is 0.576. The Hall–Kier alpha value is -1.97. The van der Waals surface area contributed by atoms with E-state index in [0.717, 1.165) is 0 Å². The van der Waals surface area contributed by atoms with Gasteiger partial charge in [0.2, 0.25) is 0 Å². The maximum atomic E-state index is 11.5. The summed E-state index contributed by atoms with van der Waals surface area (Å²) in [5, 5.41) is 0. The number of carbonyl (C=O) groups is 3. The predicted molar refractivity (Wildman–Crippen MR) is 71.5 cm³/mol. The van der Waals surface area contributed by atoms with Crippen LogP contribution < -0.4 is 0 Å². The van der Waals surface area contributed by atoms with Crippen molar-refractivity contribution in [2.45, 2.75) is 33.6 Å². The molecule has 0 unspecified atom stereocenters. The van der Waals surface area contributed by atoms with E-state index in [0.29, 0.717) is 36.2 Å². The lowest BCUT2D eigenvalue weighted by Gasteiger charge is -2.01. The van der Waals surface area contributed by atoms with Crippen LogP contribution in [0.2, 0.25) is 0 Å². The van der Waals surface area contributed by atoms with Gasteiger partial charge in [0.25, 0.3) is 0 Å². The molecule has 0 spiro atoms. The molecule has 0 fully saturated rings. The molecule has 0 aromatic carbocycles. The molecule has 102 valence electrons. The fraction of sp³-hybridized carbons (Fsp3) is 0.400. The summed E-state index contributed by atoms with van der Waals surface area (Å²) in [6, 6.07) is 0. The van der Waals surface area contributed by atoms with Crippen molar-refractivity contribution < 1.29 is 19.1 Å². The monoisotopic (exact) mass is 262 g/mol. The molecule has 1 aliphatic carbocycles. The highest BCUT2D eigenvalue weighted by atomic mass is 16.5. The van der Waals surface area contributed by atoms with E-state index in [9.17, 15) is 14.4 Å². The molecular formula is C15H18O4. The molecule has 19 heavy (non-hydrogen) atoms. The highest BCUT2D eigenvalue weighted by Gasteiger charge is 2.14. The smallest absolute Gasteiger partial charge is 0.331 e. The van der Waals surface area contributed by atoms with Crippen LogP contribution in [0.25, 0.3) is 0 Å². The van der Waals surface area contributed by atoms with E-state index in [2.05, 4.69) is 0 Å². The van der Waals surface area contributed by atoms with Crippen LogP contribution in [0, 0.1) is 0 Å². The highest BCUT2D eigenvalue weighted by Crippen LogP contribution is 2.22. The van der Waals surface area contributed by atoms with Crippen LogP contribution in [0.4, 0.5) is 0 Å². The van der Waals surface area contributed by atoms with Gasteiger partial charge in [0.15, 0.2) is 11.6 Å². The average molecular weight is 262 g/mol. The number of esters is 1. The van der Waals surface area contributed by atoms with Crippen LogP contribution in [-0.2, 0) is 19.1 Å². The summed E-state index contributed by atoms with van der Waals surface area (Å²) in [5.41, 5.74) is 1.75. The molecule has 0 saturated heterocycles. The molecule has 4 heteroatoms. The molecule has 0 bridgehead atoms. The Bertz CT molecular complexity index is 492. The molecule has 0 heterocycles. The zero-order chi connectivity index (χ0) is 14.4.